The molecule has 3 heteroatoms. The van der Waals surface area contributed by atoms with E-state index in [0.29, 0.717) is 5.92 Å². The molecule has 0 N–H and O–H groups in total. The van der Waals surface area contributed by atoms with E-state index < -0.39 is 0 Å². The molecule has 2 nitrogen and oxygen atoms in total. The highest BCUT2D eigenvalue weighted by molar-refractivity contribution is 5.91. The van der Waals surface area contributed by atoms with E-state index >= 15 is 0 Å². The molecule has 0 bridgehead atoms. The lowest BCUT2D eigenvalue weighted by Crippen LogP contribution is -2.32. The fourth-order valence-electron chi connectivity index (χ4n) is 2.06. The summed E-state index contributed by atoms with van der Waals surface area (Å²) in [4.78, 5) is 14.0. The van der Waals surface area contributed by atoms with Gasteiger partial charge in [0.1, 0.15) is 5.82 Å². The average molecular weight is 261 g/mol. The fraction of sp³-hybridized carbons (Fsp3) is 0.438. The molecule has 1 saturated carbocycles. The molecule has 19 heavy (non-hydrogen) atoms. The monoisotopic (exact) mass is 261 g/mol. The van der Waals surface area contributed by atoms with Crippen molar-refractivity contribution in [3.63, 3.8) is 0 Å². The van der Waals surface area contributed by atoms with Crippen molar-refractivity contribution in [3.05, 3.63) is 41.7 Å². The van der Waals surface area contributed by atoms with Gasteiger partial charge in [0, 0.05) is 19.2 Å². The standard InChI is InChI=1S/C16H20FNO/c1-2-10-18(12-14-6-7-14)16(19)9-8-13-4-3-5-15(17)11-13/h3-5,8-9,11,14H,2,6-7,10,12H2,1H3/b9-8+. The van der Waals surface area contributed by atoms with Crippen LogP contribution in [0.3, 0.4) is 0 Å². The number of hydrogen-bond donors (Lipinski definition) is 0. The van der Waals surface area contributed by atoms with Crippen LogP contribution in [0.5, 0.6) is 0 Å². The van der Waals surface area contributed by atoms with E-state index in [1.807, 2.05) is 4.90 Å². The number of nitrogens with zero attached hydrogens (tertiary/aromatic N) is 1. The van der Waals surface area contributed by atoms with Crippen LogP contribution in [-0.2, 0) is 4.79 Å². The maximum Gasteiger partial charge on any atom is 0.246 e. The van der Waals surface area contributed by atoms with Crippen LogP contribution in [0.15, 0.2) is 30.3 Å². The highest BCUT2D eigenvalue weighted by atomic mass is 19.1. The van der Waals surface area contributed by atoms with Gasteiger partial charge in [-0.25, -0.2) is 4.39 Å². The van der Waals surface area contributed by atoms with Crippen LogP contribution in [0, 0.1) is 11.7 Å². The second-order valence-electron chi connectivity index (χ2n) is 5.12. The summed E-state index contributed by atoms with van der Waals surface area (Å²) in [6.45, 7) is 3.73. The summed E-state index contributed by atoms with van der Waals surface area (Å²) < 4.78 is 13.0. The first-order valence-corrected chi connectivity index (χ1v) is 6.91. The quantitative estimate of drug-likeness (QED) is 0.718. The summed E-state index contributed by atoms with van der Waals surface area (Å²) in [5.74, 6) is 0.439. The van der Waals surface area contributed by atoms with E-state index in [-0.39, 0.29) is 11.7 Å². The van der Waals surface area contributed by atoms with Crippen molar-refractivity contribution in [2.24, 2.45) is 5.92 Å². The first-order chi connectivity index (χ1) is 9.19. The second-order valence-corrected chi connectivity index (χ2v) is 5.12. The smallest absolute Gasteiger partial charge is 0.246 e. The molecule has 1 fully saturated rings. The van der Waals surface area contributed by atoms with Gasteiger partial charge in [0.05, 0.1) is 0 Å². The van der Waals surface area contributed by atoms with Crippen molar-refractivity contribution in [1.29, 1.82) is 0 Å². The van der Waals surface area contributed by atoms with Crippen LogP contribution in [0.4, 0.5) is 4.39 Å². The van der Waals surface area contributed by atoms with E-state index in [1.165, 1.54) is 25.0 Å². The van der Waals surface area contributed by atoms with Crippen LogP contribution in [0.2, 0.25) is 0 Å². The molecular formula is C16H20FNO. The fourth-order valence-corrected chi connectivity index (χ4v) is 2.06. The van der Waals surface area contributed by atoms with Crippen LogP contribution >= 0.6 is 0 Å². The maximum atomic E-state index is 13.0. The minimum absolute atomic E-state index is 0.0259. The number of carbonyl (C=O) groups is 1. The lowest BCUT2D eigenvalue weighted by molar-refractivity contribution is -0.126. The Balaban J connectivity index is 1.96. The molecular weight excluding hydrogens is 241 g/mol. The minimum Gasteiger partial charge on any atom is -0.339 e. The molecule has 1 aromatic rings. The largest absolute Gasteiger partial charge is 0.339 e. The molecule has 102 valence electrons. The van der Waals surface area contributed by atoms with E-state index in [1.54, 1.807) is 24.3 Å². The van der Waals surface area contributed by atoms with Crippen molar-refractivity contribution < 1.29 is 9.18 Å². The zero-order valence-corrected chi connectivity index (χ0v) is 11.3. The highest BCUT2D eigenvalue weighted by Crippen LogP contribution is 2.29. The van der Waals surface area contributed by atoms with Crippen molar-refractivity contribution in [2.45, 2.75) is 26.2 Å². The SMILES string of the molecule is CCCN(CC1CC1)C(=O)/C=C/c1cccc(F)c1. The Kier molecular flexibility index (Phi) is 4.72. The van der Waals surface area contributed by atoms with Gasteiger partial charge in [0.15, 0.2) is 0 Å². The molecule has 0 unspecified atom stereocenters. The van der Waals surface area contributed by atoms with Crippen LogP contribution < -0.4 is 0 Å². The molecule has 0 aliphatic heterocycles. The van der Waals surface area contributed by atoms with Gasteiger partial charge in [0.25, 0.3) is 0 Å². The van der Waals surface area contributed by atoms with Crippen LogP contribution in [0.1, 0.15) is 31.7 Å². The van der Waals surface area contributed by atoms with Gasteiger partial charge < -0.3 is 4.90 Å². The molecule has 2 rings (SSSR count). The number of amides is 1. The van der Waals surface area contributed by atoms with Gasteiger partial charge in [0.2, 0.25) is 5.91 Å². The average Bonchev–Trinajstić information content (AvgIpc) is 3.19. The molecule has 1 aliphatic carbocycles. The molecule has 1 aliphatic rings. The van der Waals surface area contributed by atoms with Crippen molar-refractivity contribution in [1.82, 2.24) is 4.90 Å². The molecule has 0 aromatic heterocycles. The Hall–Kier alpha value is -1.64. The van der Waals surface area contributed by atoms with Crippen molar-refractivity contribution in [2.75, 3.05) is 13.1 Å². The third-order valence-corrected chi connectivity index (χ3v) is 3.25. The van der Waals surface area contributed by atoms with Gasteiger partial charge in [-0.1, -0.05) is 19.1 Å². The van der Waals surface area contributed by atoms with Gasteiger partial charge in [-0.3, -0.25) is 4.79 Å². The first-order valence-electron chi connectivity index (χ1n) is 6.91. The Morgan fingerprint density at radius 2 is 2.26 bits per heavy atom. The summed E-state index contributed by atoms with van der Waals surface area (Å²) in [7, 11) is 0. The number of rotatable bonds is 6. The zero-order valence-electron chi connectivity index (χ0n) is 11.3. The summed E-state index contributed by atoms with van der Waals surface area (Å²) in [5.41, 5.74) is 0.719. The van der Waals surface area contributed by atoms with E-state index in [4.69, 9.17) is 0 Å². The lowest BCUT2D eigenvalue weighted by Gasteiger charge is -2.20. The van der Waals surface area contributed by atoms with Crippen molar-refractivity contribution >= 4 is 12.0 Å². The third kappa shape index (κ3) is 4.51. The van der Waals surface area contributed by atoms with Gasteiger partial charge >= 0.3 is 0 Å². The third-order valence-electron chi connectivity index (χ3n) is 3.25. The minimum atomic E-state index is -0.280. The molecule has 0 heterocycles. The summed E-state index contributed by atoms with van der Waals surface area (Å²) in [6.07, 6.45) is 6.67. The van der Waals surface area contributed by atoms with Crippen LogP contribution in [0.25, 0.3) is 6.08 Å². The highest BCUT2D eigenvalue weighted by Gasteiger charge is 2.25. The number of hydrogen-bond acceptors (Lipinski definition) is 1. The van der Waals surface area contributed by atoms with E-state index in [9.17, 15) is 9.18 Å². The normalized spacial score (nSPS) is 14.8. The first kappa shape index (κ1) is 13.8. The van der Waals surface area contributed by atoms with E-state index in [2.05, 4.69) is 6.92 Å². The lowest BCUT2D eigenvalue weighted by atomic mass is 10.2. The maximum absolute atomic E-state index is 13.0. The number of benzene rings is 1. The summed E-state index contributed by atoms with van der Waals surface area (Å²) in [6, 6.07) is 6.26. The molecule has 0 saturated heterocycles. The Morgan fingerprint density at radius 1 is 1.47 bits per heavy atom. The molecule has 0 atom stereocenters. The number of halogens is 1. The molecule has 1 aromatic carbocycles. The molecule has 0 radical (unpaired) electrons. The molecule has 1 amide bonds. The van der Waals surface area contributed by atoms with Gasteiger partial charge in [-0.05, 0) is 49.0 Å². The second kappa shape index (κ2) is 6.50. The zero-order chi connectivity index (χ0) is 13.7. The number of carbonyl (C=O) groups excluding carboxylic acids is 1. The van der Waals surface area contributed by atoms with E-state index in [0.717, 1.165) is 25.1 Å². The predicted molar refractivity (Wildman–Crippen MR) is 75.0 cm³/mol. The Morgan fingerprint density at radius 3 is 2.89 bits per heavy atom. The predicted octanol–water partition coefficient (Wildman–Crippen LogP) is 3.49. The van der Waals surface area contributed by atoms with Gasteiger partial charge in [-0.15, -0.1) is 0 Å². The summed E-state index contributed by atoms with van der Waals surface area (Å²) in [5, 5.41) is 0. The van der Waals surface area contributed by atoms with Crippen LogP contribution in [-0.4, -0.2) is 23.9 Å². The topological polar surface area (TPSA) is 20.3 Å². The van der Waals surface area contributed by atoms with Gasteiger partial charge in [-0.2, -0.15) is 0 Å². The Labute approximate surface area is 113 Å². The molecule has 0 spiro atoms. The summed E-state index contributed by atoms with van der Waals surface area (Å²) >= 11 is 0. The Bertz CT molecular complexity index is 466. The van der Waals surface area contributed by atoms with Crippen molar-refractivity contribution in [3.8, 4) is 0 Å².